The molecule has 0 spiro atoms. The fraction of sp³-hybridized carbons (Fsp3) is 0.133. The highest BCUT2D eigenvalue weighted by Gasteiger charge is 2.21. The number of carboxylic acids is 1. The normalized spacial score (nSPS) is 12.9. The topological polar surface area (TPSA) is 46.5 Å². The van der Waals surface area contributed by atoms with Crippen LogP contribution in [0, 0.1) is 5.82 Å². The number of hydrogen-bond acceptors (Lipinski definition) is 2. The summed E-state index contributed by atoms with van der Waals surface area (Å²) in [6.45, 7) is 0.573. The second-order valence-electron chi connectivity index (χ2n) is 4.39. The molecule has 19 heavy (non-hydrogen) atoms. The number of carboxylic acid groups (broad SMARTS) is 1. The SMILES string of the molecule is O=C(O)c1ccc(F)cc1-c1cccc2c1OCC2. The van der Waals surface area contributed by atoms with Gasteiger partial charge in [0.2, 0.25) is 0 Å². The molecule has 3 nitrogen and oxygen atoms in total. The van der Waals surface area contributed by atoms with Crippen LogP contribution in [0.25, 0.3) is 11.1 Å². The van der Waals surface area contributed by atoms with Crippen molar-refractivity contribution in [1.82, 2.24) is 0 Å². The number of carbonyl (C=O) groups is 1. The van der Waals surface area contributed by atoms with Gasteiger partial charge < -0.3 is 9.84 Å². The van der Waals surface area contributed by atoms with Gasteiger partial charge in [-0.2, -0.15) is 0 Å². The van der Waals surface area contributed by atoms with Crippen LogP contribution in [0.4, 0.5) is 4.39 Å². The molecule has 3 rings (SSSR count). The van der Waals surface area contributed by atoms with E-state index in [1.165, 1.54) is 12.1 Å². The highest BCUT2D eigenvalue weighted by atomic mass is 19.1. The third kappa shape index (κ3) is 1.95. The van der Waals surface area contributed by atoms with Gasteiger partial charge in [0, 0.05) is 17.5 Å². The molecule has 0 fully saturated rings. The van der Waals surface area contributed by atoms with Crippen molar-refractivity contribution in [2.24, 2.45) is 0 Å². The third-order valence-corrected chi connectivity index (χ3v) is 3.22. The lowest BCUT2D eigenvalue weighted by atomic mass is 9.96. The monoisotopic (exact) mass is 258 g/mol. The maximum atomic E-state index is 13.4. The summed E-state index contributed by atoms with van der Waals surface area (Å²) in [5, 5.41) is 9.20. The average molecular weight is 258 g/mol. The summed E-state index contributed by atoms with van der Waals surface area (Å²) in [6.07, 6.45) is 0.793. The number of hydrogen-bond donors (Lipinski definition) is 1. The van der Waals surface area contributed by atoms with Crippen LogP contribution in [0.5, 0.6) is 5.75 Å². The average Bonchev–Trinajstić information content (AvgIpc) is 2.86. The first-order valence-electron chi connectivity index (χ1n) is 5.95. The lowest BCUT2D eigenvalue weighted by Gasteiger charge is -2.11. The molecule has 4 heteroatoms. The summed E-state index contributed by atoms with van der Waals surface area (Å²) in [5.41, 5.74) is 2.08. The van der Waals surface area contributed by atoms with Crippen LogP contribution < -0.4 is 4.74 Å². The van der Waals surface area contributed by atoms with Crippen LogP contribution in [0.1, 0.15) is 15.9 Å². The first-order chi connectivity index (χ1) is 9.16. The van der Waals surface area contributed by atoms with Crippen molar-refractivity contribution in [1.29, 1.82) is 0 Å². The van der Waals surface area contributed by atoms with Crippen LogP contribution in [-0.2, 0) is 6.42 Å². The first-order valence-corrected chi connectivity index (χ1v) is 5.95. The Balaban J connectivity index is 2.25. The lowest BCUT2D eigenvalue weighted by Crippen LogP contribution is -2.01. The Kier molecular flexibility index (Phi) is 2.71. The van der Waals surface area contributed by atoms with Gasteiger partial charge in [-0.25, -0.2) is 9.18 Å². The molecule has 0 aromatic heterocycles. The molecule has 1 heterocycles. The fourth-order valence-electron chi connectivity index (χ4n) is 2.35. The van der Waals surface area contributed by atoms with Gasteiger partial charge in [0.25, 0.3) is 0 Å². The molecule has 0 unspecified atom stereocenters. The van der Waals surface area contributed by atoms with Crippen molar-refractivity contribution < 1.29 is 19.0 Å². The molecule has 0 amide bonds. The number of benzene rings is 2. The van der Waals surface area contributed by atoms with Crippen molar-refractivity contribution in [3.63, 3.8) is 0 Å². The van der Waals surface area contributed by atoms with Crippen molar-refractivity contribution in [2.75, 3.05) is 6.61 Å². The van der Waals surface area contributed by atoms with Gasteiger partial charge >= 0.3 is 5.97 Å². The summed E-state index contributed by atoms with van der Waals surface area (Å²) >= 11 is 0. The number of fused-ring (bicyclic) bond motifs is 1. The van der Waals surface area contributed by atoms with E-state index in [4.69, 9.17) is 4.74 Å². The van der Waals surface area contributed by atoms with Gasteiger partial charge in [-0.3, -0.25) is 0 Å². The minimum Gasteiger partial charge on any atom is -0.492 e. The van der Waals surface area contributed by atoms with E-state index in [1.807, 2.05) is 12.1 Å². The molecule has 1 aliphatic heterocycles. The van der Waals surface area contributed by atoms with E-state index in [1.54, 1.807) is 6.07 Å². The Bertz CT molecular complexity index is 664. The Morgan fingerprint density at radius 1 is 1.21 bits per heavy atom. The first kappa shape index (κ1) is 11.7. The third-order valence-electron chi connectivity index (χ3n) is 3.22. The molecule has 0 saturated heterocycles. The van der Waals surface area contributed by atoms with Crippen molar-refractivity contribution in [3.05, 3.63) is 53.3 Å². The smallest absolute Gasteiger partial charge is 0.336 e. The molecular formula is C15H11FO3. The maximum Gasteiger partial charge on any atom is 0.336 e. The Morgan fingerprint density at radius 3 is 2.84 bits per heavy atom. The summed E-state index contributed by atoms with van der Waals surface area (Å²) in [6, 6.07) is 9.19. The molecule has 1 aliphatic rings. The van der Waals surface area contributed by atoms with Gasteiger partial charge in [0.15, 0.2) is 0 Å². The Morgan fingerprint density at radius 2 is 2.05 bits per heavy atom. The van der Waals surface area contributed by atoms with Gasteiger partial charge in [-0.15, -0.1) is 0 Å². The second kappa shape index (κ2) is 4.39. The second-order valence-corrected chi connectivity index (χ2v) is 4.39. The zero-order chi connectivity index (χ0) is 13.4. The summed E-state index contributed by atoms with van der Waals surface area (Å²) in [7, 11) is 0. The minimum atomic E-state index is -1.08. The molecule has 0 aliphatic carbocycles. The number of para-hydroxylation sites is 1. The lowest BCUT2D eigenvalue weighted by molar-refractivity contribution is 0.0697. The molecule has 2 aromatic carbocycles. The predicted octanol–water partition coefficient (Wildman–Crippen LogP) is 3.13. The minimum absolute atomic E-state index is 0.0744. The number of rotatable bonds is 2. The van der Waals surface area contributed by atoms with Crippen molar-refractivity contribution >= 4 is 5.97 Å². The van der Waals surface area contributed by atoms with Crippen molar-refractivity contribution in [3.8, 4) is 16.9 Å². The molecule has 1 N–H and O–H groups in total. The quantitative estimate of drug-likeness (QED) is 0.900. The molecular weight excluding hydrogens is 247 g/mol. The fourth-order valence-corrected chi connectivity index (χ4v) is 2.35. The Labute approximate surface area is 109 Å². The highest BCUT2D eigenvalue weighted by Crippen LogP contribution is 2.38. The molecule has 0 radical (unpaired) electrons. The Hall–Kier alpha value is -2.36. The van der Waals surface area contributed by atoms with E-state index >= 15 is 0 Å². The summed E-state index contributed by atoms with van der Waals surface area (Å²) in [5.74, 6) is -0.878. The zero-order valence-corrected chi connectivity index (χ0v) is 10.0. The van der Waals surface area contributed by atoms with E-state index in [0.717, 1.165) is 18.1 Å². The molecule has 0 bridgehead atoms. The van der Waals surface area contributed by atoms with E-state index in [-0.39, 0.29) is 5.56 Å². The highest BCUT2D eigenvalue weighted by molar-refractivity contribution is 5.97. The number of aromatic carboxylic acids is 1. The van der Waals surface area contributed by atoms with Crippen LogP contribution in [0.3, 0.4) is 0 Å². The van der Waals surface area contributed by atoms with Gasteiger partial charge in [0.05, 0.1) is 12.2 Å². The molecule has 0 atom stereocenters. The number of halogens is 1. The van der Waals surface area contributed by atoms with Gasteiger partial charge in [-0.05, 0) is 23.8 Å². The van der Waals surface area contributed by atoms with E-state index < -0.39 is 11.8 Å². The number of ether oxygens (including phenoxy) is 1. The van der Waals surface area contributed by atoms with E-state index in [9.17, 15) is 14.3 Å². The predicted molar refractivity (Wildman–Crippen MR) is 68.0 cm³/mol. The molecule has 2 aromatic rings. The van der Waals surface area contributed by atoms with Gasteiger partial charge in [-0.1, -0.05) is 18.2 Å². The van der Waals surface area contributed by atoms with Crippen LogP contribution in [0.2, 0.25) is 0 Å². The standard InChI is InChI=1S/C15H11FO3/c16-10-4-5-12(15(17)18)13(8-10)11-3-1-2-9-6-7-19-14(9)11/h1-5,8H,6-7H2,(H,17,18). The summed E-state index contributed by atoms with van der Waals surface area (Å²) in [4.78, 5) is 11.2. The summed E-state index contributed by atoms with van der Waals surface area (Å²) < 4.78 is 19.0. The van der Waals surface area contributed by atoms with Crippen LogP contribution in [-0.4, -0.2) is 17.7 Å². The van der Waals surface area contributed by atoms with E-state index in [0.29, 0.717) is 23.5 Å². The van der Waals surface area contributed by atoms with E-state index in [2.05, 4.69) is 0 Å². The van der Waals surface area contributed by atoms with Crippen LogP contribution >= 0.6 is 0 Å². The van der Waals surface area contributed by atoms with Crippen LogP contribution in [0.15, 0.2) is 36.4 Å². The molecule has 0 saturated carbocycles. The molecule has 96 valence electrons. The van der Waals surface area contributed by atoms with Gasteiger partial charge in [0.1, 0.15) is 11.6 Å². The van der Waals surface area contributed by atoms with Crippen molar-refractivity contribution in [2.45, 2.75) is 6.42 Å². The zero-order valence-electron chi connectivity index (χ0n) is 10.0. The largest absolute Gasteiger partial charge is 0.492 e. The maximum absolute atomic E-state index is 13.4.